The molecule has 0 bridgehead atoms. The van der Waals surface area contributed by atoms with Gasteiger partial charge in [-0.05, 0) is 37.1 Å². The first-order chi connectivity index (χ1) is 10.8. The normalized spacial score (nSPS) is 14.0. The zero-order valence-corrected chi connectivity index (χ0v) is 12.6. The van der Waals surface area contributed by atoms with Gasteiger partial charge in [-0.3, -0.25) is 4.79 Å². The minimum absolute atomic E-state index is 0.0469. The Morgan fingerprint density at radius 3 is 2.55 bits per heavy atom. The number of carbonyl (C=O) groups excluding carboxylic acids is 1. The van der Waals surface area contributed by atoms with Gasteiger partial charge >= 0.3 is 0 Å². The van der Waals surface area contributed by atoms with Gasteiger partial charge in [0, 0.05) is 25.5 Å². The van der Waals surface area contributed by atoms with Crippen LogP contribution in [0.1, 0.15) is 23.2 Å². The molecule has 0 saturated heterocycles. The van der Waals surface area contributed by atoms with Crippen molar-refractivity contribution in [3.05, 3.63) is 60.2 Å². The van der Waals surface area contributed by atoms with E-state index in [4.69, 9.17) is 0 Å². The van der Waals surface area contributed by atoms with Crippen molar-refractivity contribution >= 4 is 23.5 Å². The molecule has 0 aliphatic carbocycles. The third kappa shape index (κ3) is 2.86. The molecule has 0 aromatic heterocycles. The van der Waals surface area contributed by atoms with E-state index in [2.05, 4.69) is 5.10 Å². The maximum Gasteiger partial charge on any atom is 0.276 e. The second-order valence-electron chi connectivity index (χ2n) is 5.28. The summed E-state index contributed by atoms with van der Waals surface area (Å²) < 4.78 is 0. The van der Waals surface area contributed by atoms with Gasteiger partial charge in [-0.25, -0.2) is 5.01 Å². The van der Waals surface area contributed by atoms with Gasteiger partial charge in [0.1, 0.15) is 0 Å². The summed E-state index contributed by atoms with van der Waals surface area (Å²) in [5.41, 5.74) is 2.61. The van der Waals surface area contributed by atoms with Crippen LogP contribution >= 0.6 is 0 Å². The van der Waals surface area contributed by atoms with Crippen LogP contribution in [0.4, 0.5) is 11.4 Å². The lowest BCUT2D eigenvalue weighted by molar-refractivity contribution is 0.0754. The average Bonchev–Trinajstić information content (AvgIpc) is 2.62. The van der Waals surface area contributed by atoms with Crippen LogP contribution in [0.5, 0.6) is 0 Å². The molecule has 1 aliphatic rings. The van der Waals surface area contributed by atoms with Crippen molar-refractivity contribution in [3.8, 4) is 0 Å². The van der Waals surface area contributed by atoms with Crippen LogP contribution < -0.4 is 4.90 Å². The fourth-order valence-electron chi connectivity index (χ4n) is 2.58. The van der Waals surface area contributed by atoms with E-state index >= 15 is 0 Å². The number of benzene rings is 2. The highest BCUT2D eigenvalue weighted by molar-refractivity contribution is 6.00. The van der Waals surface area contributed by atoms with Crippen LogP contribution in [-0.2, 0) is 0 Å². The van der Waals surface area contributed by atoms with E-state index in [0.29, 0.717) is 12.1 Å². The van der Waals surface area contributed by atoms with Crippen molar-refractivity contribution in [3.63, 3.8) is 0 Å². The second-order valence-corrected chi connectivity index (χ2v) is 5.28. The zero-order valence-electron chi connectivity index (χ0n) is 12.6. The molecule has 22 heavy (non-hydrogen) atoms. The molecule has 1 heterocycles. The van der Waals surface area contributed by atoms with E-state index in [9.17, 15) is 4.79 Å². The summed E-state index contributed by atoms with van der Waals surface area (Å²) in [6.45, 7) is 0.679. The van der Waals surface area contributed by atoms with Gasteiger partial charge in [-0.2, -0.15) is 5.10 Å². The fourth-order valence-corrected chi connectivity index (χ4v) is 2.58. The molecule has 0 fully saturated rings. The van der Waals surface area contributed by atoms with Crippen molar-refractivity contribution in [1.82, 2.24) is 5.01 Å². The second kappa shape index (κ2) is 6.43. The highest BCUT2D eigenvalue weighted by Gasteiger charge is 2.21. The predicted molar refractivity (Wildman–Crippen MR) is 89.7 cm³/mol. The first-order valence-electron chi connectivity index (χ1n) is 7.49. The first-order valence-corrected chi connectivity index (χ1v) is 7.49. The molecule has 3 rings (SSSR count). The Bertz CT molecular complexity index is 682. The quantitative estimate of drug-likeness (QED) is 0.865. The van der Waals surface area contributed by atoms with Crippen molar-refractivity contribution in [1.29, 1.82) is 0 Å². The molecule has 4 nitrogen and oxygen atoms in total. The summed E-state index contributed by atoms with van der Waals surface area (Å²) in [5, 5.41) is 5.78. The number of amides is 1. The highest BCUT2D eigenvalue weighted by atomic mass is 16.2. The van der Waals surface area contributed by atoms with E-state index in [1.165, 1.54) is 0 Å². The molecule has 1 aliphatic heterocycles. The number of carbonyl (C=O) groups is 1. The number of anilines is 2. The number of para-hydroxylation sites is 2. The van der Waals surface area contributed by atoms with Crippen molar-refractivity contribution in [2.75, 3.05) is 18.5 Å². The van der Waals surface area contributed by atoms with E-state index in [1.807, 2.05) is 72.8 Å². The molecule has 0 saturated carbocycles. The molecular formula is C18H19N3O. The minimum Gasteiger partial charge on any atom is -0.344 e. The van der Waals surface area contributed by atoms with Gasteiger partial charge in [0.15, 0.2) is 0 Å². The lowest BCUT2D eigenvalue weighted by Crippen LogP contribution is -2.30. The topological polar surface area (TPSA) is 35.9 Å². The van der Waals surface area contributed by atoms with E-state index in [1.54, 1.807) is 5.01 Å². The molecule has 0 spiro atoms. The Labute approximate surface area is 130 Å². The zero-order chi connectivity index (χ0) is 15.4. The van der Waals surface area contributed by atoms with Crippen LogP contribution in [0.2, 0.25) is 0 Å². The first kappa shape index (κ1) is 14.3. The van der Waals surface area contributed by atoms with Gasteiger partial charge in [0.25, 0.3) is 5.91 Å². The van der Waals surface area contributed by atoms with Crippen LogP contribution in [0, 0.1) is 0 Å². The average molecular weight is 293 g/mol. The number of nitrogens with zero attached hydrogens (tertiary/aromatic N) is 3. The molecule has 0 N–H and O–H groups in total. The van der Waals surface area contributed by atoms with Crippen LogP contribution in [0.15, 0.2) is 59.7 Å². The maximum atomic E-state index is 12.7. The van der Waals surface area contributed by atoms with Crippen molar-refractivity contribution in [2.45, 2.75) is 12.8 Å². The van der Waals surface area contributed by atoms with Crippen LogP contribution in [-0.4, -0.2) is 30.7 Å². The van der Waals surface area contributed by atoms with Gasteiger partial charge in [0.05, 0.1) is 11.3 Å². The molecule has 0 radical (unpaired) electrons. The molecule has 2 aromatic rings. The Morgan fingerprint density at radius 1 is 1.09 bits per heavy atom. The van der Waals surface area contributed by atoms with Crippen LogP contribution in [0.3, 0.4) is 0 Å². The van der Waals surface area contributed by atoms with Crippen LogP contribution in [0.25, 0.3) is 0 Å². The summed E-state index contributed by atoms with van der Waals surface area (Å²) in [6, 6.07) is 17.7. The summed E-state index contributed by atoms with van der Waals surface area (Å²) in [7, 11) is 1.97. The molecule has 112 valence electrons. The minimum atomic E-state index is -0.0469. The Kier molecular flexibility index (Phi) is 4.19. The van der Waals surface area contributed by atoms with Gasteiger partial charge < -0.3 is 4.90 Å². The van der Waals surface area contributed by atoms with Gasteiger partial charge in [0.2, 0.25) is 0 Å². The predicted octanol–water partition coefficient (Wildman–Crippen LogP) is 3.68. The summed E-state index contributed by atoms with van der Waals surface area (Å²) >= 11 is 0. The molecule has 0 atom stereocenters. The number of hydrogen-bond donors (Lipinski definition) is 0. The number of rotatable bonds is 3. The summed E-state index contributed by atoms with van der Waals surface area (Å²) in [6.07, 6.45) is 3.71. The van der Waals surface area contributed by atoms with Crippen molar-refractivity contribution in [2.24, 2.45) is 5.10 Å². The third-order valence-electron chi connectivity index (χ3n) is 3.80. The third-order valence-corrected chi connectivity index (χ3v) is 3.80. The molecule has 4 heteroatoms. The van der Waals surface area contributed by atoms with E-state index < -0.39 is 0 Å². The number of hydrogen-bond acceptors (Lipinski definition) is 3. The lowest BCUT2D eigenvalue weighted by Gasteiger charge is -2.25. The monoisotopic (exact) mass is 293 g/mol. The Hall–Kier alpha value is -2.62. The smallest absolute Gasteiger partial charge is 0.276 e. The lowest BCUT2D eigenvalue weighted by atomic mass is 10.1. The van der Waals surface area contributed by atoms with E-state index in [0.717, 1.165) is 24.2 Å². The molecule has 1 amide bonds. The van der Waals surface area contributed by atoms with Gasteiger partial charge in [-0.1, -0.05) is 30.3 Å². The Balaban J connectivity index is 1.94. The standard InChI is InChI=1S/C18H19N3O/c1-20(15-9-3-2-4-10-15)17-12-6-5-11-16(17)18(22)21-14-8-7-13-19-21/h2-6,9-13H,7-8,14H2,1H3. The molecule has 2 aromatic carbocycles. The Morgan fingerprint density at radius 2 is 1.82 bits per heavy atom. The van der Waals surface area contributed by atoms with E-state index in [-0.39, 0.29) is 5.91 Å². The highest BCUT2D eigenvalue weighted by Crippen LogP contribution is 2.28. The van der Waals surface area contributed by atoms with Gasteiger partial charge in [-0.15, -0.1) is 0 Å². The summed E-state index contributed by atoms with van der Waals surface area (Å²) in [5.74, 6) is -0.0469. The van der Waals surface area contributed by atoms with Crippen molar-refractivity contribution < 1.29 is 4.79 Å². The fraction of sp³-hybridized carbons (Fsp3) is 0.222. The number of hydrazone groups is 1. The maximum absolute atomic E-state index is 12.7. The molecular weight excluding hydrogens is 274 g/mol. The largest absolute Gasteiger partial charge is 0.344 e. The molecule has 0 unspecified atom stereocenters. The SMILES string of the molecule is CN(c1ccccc1)c1ccccc1C(=O)N1CCCC=N1. The summed E-state index contributed by atoms with van der Waals surface area (Å²) in [4.78, 5) is 14.8.